The highest BCUT2D eigenvalue weighted by Gasteiger charge is 2.10. The van der Waals surface area contributed by atoms with Crippen molar-refractivity contribution in [3.8, 4) is 5.69 Å². The van der Waals surface area contributed by atoms with Gasteiger partial charge < -0.3 is 5.32 Å². The third-order valence-corrected chi connectivity index (χ3v) is 3.37. The monoisotopic (exact) mass is 373 g/mol. The van der Waals surface area contributed by atoms with Gasteiger partial charge in [-0.1, -0.05) is 17.7 Å². The number of hydrogen-bond donors (Lipinski definition) is 1. The van der Waals surface area contributed by atoms with Crippen LogP contribution < -0.4 is 5.32 Å². The van der Waals surface area contributed by atoms with Crippen LogP contribution in [-0.2, 0) is 0 Å². The van der Waals surface area contributed by atoms with Gasteiger partial charge in [0.15, 0.2) is 0 Å². The summed E-state index contributed by atoms with van der Waals surface area (Å²) >= 11 is 8.52. The van der Waals surface area contributed by atoms with E-state index >= 15 is 0 Å². The van der Waals surface area contributed by atoms with Gasteiger partial charge in [-0.25, -0.2) is 4.98 Å². The van der Waals surface area contributed by atoms with Crippen LogP contribution in [0.4, 0.5) is 5.95 Å². The molecule has 0 saturated heterocycles. The smallest absolute Gasteiger partial charge is 0.208 e. The molecule has 1 N–H and O–H groups in total. The van der Waals surface area contributed by atoms with Gasteiger partial charge in [0.05, 0.1) is 16.4 Å². The molecule has 5 heteroatoms. The summed E-state index contributed by atoms with van der Waals surface area (Å²) in [6.45, 7) is 6.31. The van der Waals surface area contributed by atoms with Crippen LogP contribution in [0, 0.1) is 10.5 Å². The lowest BCUT2D eigenvalue weighted by atomic mass is 10.3. The highest BCUT2D eigenvalue weighted by atomic mass is 127. The van der Waals surface area contributed by atoms with E-state index in [0.29, 0.717) is 11.6 Å². The summed E-state index contributed by atoms with van der Waals surface area (Å²) in [5, 5.41) is 3.91. The molecule has 1 aromatic heterocycles. The zero-order valence-corrected chi connectivity index (χ0v) is 12.9. The zero-order valence-electron chi connectivity index (χ0n) is 9.95. The second kappa shape index (κ2) is 5.75. The fourth-order valence-corrected chi connectivity index (χ4v) is 2.59. The lowest BCUT2D eigenvalue weighted by molar-refractivity contribution is 1.04. The van der Waals surface area contributed by atoms with E-state index in [2.05, 4.69) is 39.5 Å². The molecule has 2 rings (SSSR count). The SMILES string of the molecule is C=CCNc1nc(C)cn1-c1ccc(I)cc1Cl. The third kappa shape index (κ3) is 2.87. The molecule has 0 bridgehead atoms. The molecule has 0 unspecified atom stereocenters. The Morgan fingerprint density at radius 1 is 1.56 bits per heavy atom. The number of aromatic nitrogens is 2. The molecule has 1 aromatic carbocycles. The maximum atomic E-state index is 6.28. The van der Waals surface area contributed by atoms with Crippen molar-refractivity contribution in [2.75, 3.05) is 11.9 Å². The molecule has 0 fully saturated rings. The van der Waals surface area contributed by atoms with E-state index in [1.54, 1.807) is 6.08 Å². The molecule has 0 aliphatic rings. The minimum Gasteiger partial charge on any atom is -0.352 e. The molecule has 0 spiro atoms. The van der Waals surface area contributed by atoms with Crippen LogP contribution in [0.15, 0.2) is 37.1 Å². The maximum Gasteiger partial charge on any atom is 0.208 e. The number of rotatable bonds is 4. The first-order valence-corrected chi connectivity index (χ1v) is 6.93. The predicted octanol–water partition coefficient (Wildman–Crippen LogP) is 4.04. The molecular weight excluding hydrogens is 361 g/mol. The number of anilines is 1. The number of nitrogens with one attached hydrogen (secondary N) is 1. The Kier molecular flexibility index (Phi) is 4.29. The van der Waals surface area contributed by atoms with Crippen molar-refractivity contribution in [2.24, 2.45) is 0 Å². The van der Waals surface area contributed by atoms with Crippen LogP contribution in [0.25, 0.3) is 5.69 Å². The van der Waals surface area contributed by atoms with Crippen LogP contribution >= 0.6 is 34.2 Å². The molecule has 0 aliphatic heterocycles. The molecule has 3 nitrogen and oxygen atoms in total. The number of benzene rings is 1. The van der Waals surface area contributed by atoms with Crippen molar-refractivity contribution in [3.63, 3.8) is 0 Å². The largest absolute Gasteiger partial charge is 0.352 e. The Labute approximate surface area is 125 Å². The molecule has 0 aliphatic carbocycles. The Balaban J connectivity index is 2.45. The van der Waals surface area contributed by atoms with Crippen LogP contribution in [-0.4, -0.2) is 16.1 Å². The quantitative estimate of drug-likeness (QED) is 0.647. The van der Waals surface area contributed by atoms with Gasteiger partial charge in [-0.2, -0.15) is 0 Å². The molecule has 1 heterocycles. The van der Waals surface area contributed by atoms with Gasteiger partial charge >= 0.3 is 0 Å². The first-order chi connectivity index (χ1) is 8.61. The van der Waals surface area contributed by atoms with Crippen LogP contribution in [0.5, 0.6) is 0 Å². The van der Waals surface area contributed by atoms with Crippen LogP contribution in [0.3, 0.4) is 0 Å². The van der Waals surface area contributed by atoms with Gasteiger partial charge in [-0.15, -0.1) is 6.58 Å². The van der Waals surface area contributed by atoms with Crippen molar-refractivity contribution >= 4 is 40.1 Å². The molecule has 0 amide bonds. The van der Waals surface area contributed by atoms with E-state index < -0.39 is 0 Å². The van der Waals surface area contributed by atoms with Crippen LogP contribution in [0.2, 0.25) is 5.02 Å². The molecule has 0 saturated carbocycles. The van der Waals surface area contributed by atoms with Crippen molar-refractivity contribution < 1.29 is 0 Å². The van der Waals surface area contributed by atoms with Gasteiger partial charge in [0.2, 0.25) is 5.95 Å². The van der Waals surface area contributed by atoms with Gasteiger partial charge in [-0.05, 0) is 47.7 Å². The molecule has 2 aromatic rings. The lowest BCUT2D eigenvalue weighted by Crippen LogP contribution is -2.06. The minimum absolute atomic E-state index is 0.665. The van der Waals surface area contributed by atoms with Gasteiger partial charge in [0, 0.05) is 16.3 Å². The number of hydrogen-bond acceptors (Lipinski definition) is 2. The summed E-state index contributed by atoms with van der Waals surface area (Å²) in [7, 11) is 0. The number of halogens is 2. The second-order valence-electron chi connectivity index (χ2n) is 3.84. The lowest BCUT2D eigenvalue weighted by Gasteiger charge is -2.10. The third-order valence-electron chi connectivity index (χ3n) is 2.40. The molecule has 18 heavy (non-hydrogen) atoms. The van der Waals surface area contributed by atoms with E-state index in [4.69, 9.17) is 11.6 Å². The average Bonchev–Trinajstić information content (AvgIpc) is 2.67. The number of nitrogens with zero attached hydrogens (tertiary/aromatic N) is 2. The van der Waals surface area contributed by atoms with Crippen molar-refractivity contribution in [3.05, 3.63) is 51.3 Å². The van der Waals surface area contributed by atoms with Crippen LogP contribution in [0.1, 0.15) is 5.69 Å². The van der Waals surface area contributed by atoms with Crippen molar-refractivity contribution in [1.29, 1.82) is 0 Å². The average molecular weight is 374 g/mol. The summed E-state index contributed by atoms with van der Waals surface area (Å²) < 4.78 is 3.07. The molecule has 0 radical (unpaired) electrons. The minimum atomic E-state index is 0.665. The highest BCUT2D eigenvalue weighted by Crippen LogP contribution is 2.26. The fraction of sp³-hybridized carbons (Fsp3) is 0.154. The Morgan fingerprint density at radius 2 is 2.33 bits per heavy atom. The highest BCUT2D eigenvalue weighted by molar-refractivity contribution is 14.1. The summed E-state index contributed by atoms with van der Waals surface area (Å²) in [4.78, 5) is 4.43. The first kappa shape index (κ1) is 13.4. The number of aryl methyl sites for hydroxylation is 1. The summed E-state index contributed by atoms with van der Waals surface area (Å²) in [5.41, 5.74) is 1.86. The Bertz CT molecular complexity index is 578. The molecular formula is C13H13ClIN3. The normalized spacial score (nSPS) is 10.4. The van der Waals surface area contributed by atoms with E-state index in [0.717, 1.165) is 20.9 Å². The van der Waals surface area contributed by atoms with Gasteiger partial charge in [0.1, 0.15) is 0 Å². The second-order valence-corrected chi connectivity index (χ2v) is 5.49. The summed E-state index contributed by atoms with van der Waals surface area (Å²) in [5.74, 6) is 0.774. The molecule has 94 valence electrons. The zero-order chi connectivity index (χ0) is 13.1. The van der Waals surface area contributed by atoms with Crippen molar-refractivity contribution in [2.45, 2.75) is 6.92 Å². The van der Waals surface area contributed by atoms with E-state index in [-0.39, 0.29) is 0 Å². The van der Waals surface area contributed by atoms with E-state index in [1.165, 1.54) is 0 Å². The first-order valence-electron chi connectivity index (χ1n) is 5.48. The van der Waals surface area contributed by atoms with E-state index in [9.17, 15) is 0 Å². The van der Waals surface area contributed by atoms with Gasteiger partial charge in [-0.3, -0.25) is 4.57 Å². The number of imidazole rings is 1. The summed E-state index contributed by atoms with van der Waals surface area (Å²) in [6.07, 6.45) is 3.75. The molecule has 0 atom stereocenters. The van der Waals surface area contributed by atoms with Crippen molar-refractivity contribution in [1.82, 2.24) is 9.55 Å². The summed E-state index contributed by atoms with van der Waals surface area (Å²) in [6, 6.07) is 5.95. The standard InChI is InChI=1S/C13H13ClIN3/c1-3-6-16-13-17-9(2)8-18(13)12-5-4-10(15)7-11(12)14/h3-5,7-8H,1,6H2,2H3,(H,16,17). The van der Waals surface area contributed by atoms with Gasteiger partial charge in [0.25, 0.3) is 0 Å². The van der Waals surface area contributed by atoms with E-state index in [1.807, 2.05) is 35.9 Å². The fourth-order valence-electron chi connectivity index (χ4n) is 1.65. The Morgan fingerprint density at radius 3 is 3.00 bits per heavy atom. The topological polar surface area (TPSA) is 29.9 Å². The maximum absolute atomic E-state index is 6.28. The Hall–Kier alpha value is -1.01. The predicted molar refractivity (Wildman–Crippen MR) is 84.7 cm³/mol.